The SMILES string of the molecule is Clc1ccc(-c2cccc(-c3cccc4ccc5[nH]c6ccccc6c5c34)c2)cc1. The quantitative estimate of drug-likeness (QED) is 0.298. The first-order valence-electron chi connectivity index (χ1n) is 10.1. The van der Waals surface area contributed by atoms with Gasteiger partial charge in [0.05, 0.1) is 0 Å². The molecule has 0 fully saturated rings. The van der Waals surface area contributed by atoms with Crippen LogP contribution >= 0.6 is 11.6 Å². The first kappa shape index (κ1) is 17.3. The highest BCUT2D eigenvalue weighted by Gasteiger charge is 2.12. The number of hydrogen-bond donors (Lipinski definition) is 1. The summed E-state index contributed by atoms with van der Waals surface area (Å²) >= 11 is 6.08. The zero-order chi connectivity index (χ0) is 20.1. The van der Waals surface area contributed by atoms with Crippen molar-refractivity contribution in [2.45, 2.75) is 0 Å². The van der Waals surface area contributed by atoms with Gasteiger partial charge in [-0.3, -0.25) is 0 Å². The van der Waals surface area contributed by atoms with Crippen LogP contribution in [0.5, 0.6) is 0 Å². The van der Waals surface area contributed by atoms with Gasteiger partial charge < -0.3 is 4.98 Å². The summed E-state index contributed by atoms with van der Waals surface area (Å²) in [6.45, 7) is 0. The minimum Gasteiger partial charge on any atom is -0.354 e. The lowest BCUT2D eigenvalue weighted by Crippen LogP contribution is -1.85. The Bertz CT molecular complexity index is 1540. The monoisotopic (exact) mass is 403 g/mol. The summed E-state index contributed by atoms with van der Waals surface area (Å²) in [4.78, 5) is 3.58. The average molecular weight is 404 g/mol. The molecule has 0 spiro atoms. The van der Waals surface area contributed by atoms with Crippen molar-refractivity contribution in [2.24, 2.45) is 0 Å². The molecule has 2 heteroatoms. The van der Waals surface area contributed by atoms with Crippen LogP contribution in [-0.2, 0) is 0 Å². The Kier molecular flexibility index (Phi) is 3.90. The topological polar surface area (TPSA) is 15.8 Å². The highest BCUT2D eigenvalue weighted by atomic mass is 35.5. The van der Waals surface area contributed by atoms with Crippen LogP contribution in [0.1, 0.15) is 0 Å². The fourth-order valence-corrected chi connectivity index (χ4v) is 4.59. The van der Waals surface area contributed by atoms with Gasteiger partial charge in [-0.1, -0.05) is 84.4 Å². The zero-order valence-corrected chi connectivity index (χ0v) is 16.9. The highest BCUT2D eigenvalue weighted by molar-refractivity contribution is 6.30. The van der Waals surface area contributed by atoms with Crippen molar-refractivity contribution in [3.05, 3.63) is 108 Å². The number of rotatable bonds is 2. The van der Waals surface area contributed by atoms with E-state index in [1.807, 2.05) is 12.1 Å². The molecule has 0 atom stereocenters. The summed E-state index contributed by atoms with van der Waals surface area (Å²) in [7, 11) is 0. The third-order valence-corrected chi connectivity index (χ3v) is 6.11. The van der Waals surface area contributed by atoms with Gasteiger partial charge in [0.15, 0.2) is 0 Å². The number of H-pyrrole nitrogens is 1. The van der Waals surface area contributed by atoms with Crippen LogP contribution in [-0.4, -0.2) is 4.98 Å². The Balaban J connectivity index is 1.65. The van der Waals surface area contributed by atoms with E-state index in [1.165, 1.54) is 54.8 Å². The lowest BCUT2D eigenvalue weighted by atomic mass is 9.93. The molecule has 5 aromatic carbocycles. The molecule has 142 valence electrons. The molecule has 30 heavy (non-hydrogen) atoms. The molecule has 1 nitrogen and oxygen atoms in total. The lowest BCUT2D eigenvalue weighted by molar-refractivity contribution is 1.55. The van der Waals surface area contributed by atoms with E-state index in [1.54, 1.807) is 0 Å². The van der Waals surface area contributed by atoms with E-state index in [0.717, 1.165) is 5.02 Å². The van der Waals surface area contributed by atoms with Crippen molar-refractivity contribution < 1.29 is 0 Å². The molecule has 1 N–H and O–H groups in total. The molecular formula is C28H18ClN. The average Bonchev–Trinajstić information content (AvgIpc) is 3.18. The van der Waals surface area contributed by atoms with Gasteiger partial charge in [0.2, 0.25) is 0 Å². The fourth-order valence-electron chi connectivity index (χ4n) is 4.47. The van der Waals surface area contributed by atoms with E-state index in [4.69, 9.17) is 11.6 Å². The molecule has 1 aromatic heterocycles. The molecule has 1 heterocycles. The first-order valence-corrected chi connectivity index (χ1v) is 10.4. The third kappa shape index (κ3) is 2.71. The molecule has 0 saturated carbocycles. The van der Waals surface area contributed by atoms with Gasteiger partial charge >= 0.3 is 0 Å². The van der Waals surface area contributed by atoms with Gasteiger partial charge in [0.1, 0.15) is 0 Å². The predicted octanol–water partition coefficient (Wildman–Crippen LogP) is 8.46. The Morgan fingerprint density at radius 2 is 1.33 bits per heavy atom. The summed E-state index contributed by atoms with van der Waals surface area (Å²) in [6, 6.07) is 36.3. The van der Waals surface area contributed by atoms with E-state index >= 15 is 0 Å². The molecule has 6 aromatic rings. The second kappa shape index (κ2) is 6.76. The summed E-state index contributed by atoms with van der Waals surface area (Å²) < 4.78 is 0. The van der Waals surface area contributed by atoms with Gasteiger partial charge in [-0.2, -0.15) is 0 Å². The van der Waals surface area contributed by atoms with E-state index in [9.17, 15) is 0 Å². The second-order valence-electron chi connectivity index (χ2n) is 7.65. The molecular weight excluding hydrogens is 386 g/mol. The highest BCUT2D eigenvalue weighted by Crippen LogP contribution is 2.39. The third-order valence-electron chi connectivity index (χ3n) is 5.86. The standard InChI is InChI=1S/C28H18ClN/c29-22-14-11-18(12-15-22)20-6-3-7-21(17-20)23-9-4-5-19-13-16-26-28(27(19)23)24-8-1-2-10-25(24)30-26/h1-17,30H. The van der Waals surface area contributed by atoms with Crippen LogP contribution in [0.25, 0.3) is 54.8 Å². The van der Waals surface area contributed by atoms with Gasteiger partial charge in [-0.05, 0) is 63.4 Å². The molecule has 6 rings (SSSR count). The maximum absolute atomic E-state index is 6.08. The van der Waals surface area contributed by atoms with E-state index in [-0.39, 0.29) is 0 Å². The molecule has 0 aliphatic rings. The van der Waals surface area contributed by atoms with Crippen LogP contribution in [0, 0.1) is 0 Å². The Morgan fingerprint density at radius 3 is 2.23 bits per heavy atom. The molecule has 0 radical (unpaired) electrons. The Hall–Kier alpha value is -3.55. The van der Waals surface area contributed by atoms with E-state index in [0.29, 0.717) is 0 Å². The van der Waals surface area contributed by atoms with Crippen molar-refractivity contribution in [3.63, 3.8) is 0 Å². The number of hydrogen-bond acceptors (Lipinski definition) is 0. The number of benzene rings is 5. The molecule has 0 aliphatic heterocycles. The van der Waals surface area contributed by atoms with E-state index in [2.05, 4.69) is 96.0 Å². The van der Waals surface area contributed by atoms with Crippen molar-refractivity contribution in [2.75, 3.05) is 0 Å². The van der Waals surface area contributed by atoms with Crippen molar-refractivity contribution in [1.82, 2.24) is 4.98 Å². The van der Waals surface area contributed by atoms with Crippen molar-refractivity contribution in [3.8, 4) is 22.3 Å². The number of nitrogens with one attached hydrogen (secondary N) is 1. The number of para-hydroxylation sites is 1. The molecule has 0 saturated heterocycles. The Labute approximate surface area is 179 Å². The summed E-state index contributed by atoms with van der Waals surface area (Å²) in [5.41, 5.74) is 7.16. The van der Waals surface area contributed by atoms with Crippen LogP contribution in [0.2, 0.25) is 5.02 Å². The summed E-state index contributed by atoms with van der Waals surface area (Å²) in [6.07, 6.45) is 0. The summed E-state index contributed by atoms with van der Waals surface area (Å²) in [5, 5.41) is 5.85. The molecule has 0 bridgehead atoms. The number of aromatic amines is 1. The van der Waals surface area contributed by atoms with Gasteiger partial charge in [-0.25, -0.2) is 0 Å². The molecule has 0 aliphatic carbocycles. The van der Waals surface area contributed by atoms with Crippen LogP contribution in [0.4, 0.5) is 0 Å². The van der Waals surface area contributed by atoms with E-state index < -0.39 is 0 Å². The largest absolute Gasteiger partial charge is 0.354 e. The number of fused-ring (bicyclic) bond motifs is 5. The normalized spacial score (nSPS) is 11.5. The fraction of sp³-hybridized carbons (Fsp3) is 0. The maximum atomic E-state index is 6.08. The van der Waals surface area contributed by atoms with Crippen LogP contribution in [0.3, 0.4) is 0 Å². The lowest BCUT2D eigenvalue weighted by Gasteiger charge is -2.11. The molecule has 0 amide bonds. The van der Waals surface area contributed by atoms with Crippen molar-refractivity contribution >= 4 is 44.2 Å². The smallest absolute Gasteiger partial charge is 0.0471 e. The Morgan fingerprint density at radius 1 is 0.533 bits per heavy atom. The second-order valence-corrected chi connectivity index (χ2v) is 8.09. The number of halogens is 1. The minimum absolute atomic E-state index is 0.755. The van der Waals surface area contributed by atoms with Gasteiger partial charge in [-0.15, -0.1) is 0 Å². The summed E-state index contributed by atoms with van der Waals surface area (Å²) in [5.74, 6) is 0. The first-order chi connectivity index (χ1) is 14.8. The van der Waals surface area contributed by atoms with Gasteiger partial charge in [0, 0.05) is 26.8 Å². The maximum Gasteiger partial charge on any atom is 0.0471 e. The zero-order valence-electron chi connectivity index (χ0n) is 16.2. The van der Waals surface area contributed by atoms with Crippen molar-refractivity contribution in [1.29, 1.82) is 0 Å². The molecule has 0 unspecified atom stereocenters. The number of aromatic nitrogens is 1. The van der Waals surface area contributed by atoms with Crippen LogP contribution in [0.15, 0.2) is 103 Å². The van der Waals surface area contributed by atoms with Crippen LogP contribution < -0.4 is 0 Å². The van der Waals surface area contributed by atoms with Gasteiger partial charge in [0.25, 0.3) is 0 Å². The minimum atomic E-state index is 0.755. The predicted molar refractivity (Wildman–Crippen MR) is 129 cm³/mol.